The van der Waals surface area contributed by atoms with Gasteiger partial charge in [-0.2, -0.15) is 5.10 Å². The van der Waals surface area contributed by atoms with Crippen LogP contribution in [0.1, 0.15) is 104 Å². The zero-order chi connectivity index (χ0) is 27.9. The first-order chi connectivity index (χ1) is 19.2. The zero-order valence-corrected chi connectivity index (χ0v) is 24.8. The van der Waals surface area contributed by atoms with E-state index in [0.717, 1.165) is 53.8 Å². The monoisotopic (exact) mass is 563 g/mol. The van der Waals surface area contributed by atoms with Crippen LogP contribution in [0.25, 0.3) is 11.4 Å². The molecule has 3 N–H and O–H groups in total. The maximum atomic E-state index is 13.5. The third-order valence-corrected chi connectivity index (χ3v) is 10.0. The van der Waals surface area contributed by atoms with Crippen LogP contribution in [0.15, 0.2) is 11.6 Å². The second-order valence-corrected chi connectivity index (χ2v) is 13.7. The number of piperidine rings is 1. The lowest BCUT2D eigenvalue weighted by Gasteiger charge is -2.42. The molecule has 40 heavy (non-hydrogen) atoms. The molecule has 2 fully saturated rings. The molecule has 0 spiro atoms. The molecule has 3 aliphatic rings. The van der Waals surface area contributed by atoms with E-state index in [0.29, 0.717) is 30.1 Å². The van der Waals surface area contributed by atoms with Gasteiger partial charge in [-0.3, -0.25) is 9.89 Å². The molecule has 0 radical (unpaired) electrons. The Morgan fingerprint density at radius 2 is 1.88 bits per heavy atom. The Bertz CT molecular complexity index is 1360. The number of aromatic nitrogens is 5. The Hall–Kier alpha value is -2.69. The van der Waals surface area contributed by atoms with Crippen LogP contribution in [0, 0.1) is 0 Å². The number of hydrogen-bond acceptors (Lipinski definition) is 9. The number of anilines is 1. The van der Waals surface area contributed by atoms with Gasteiger partial charge in [-0.05, 0) is 50.0 Å². The molecule has 4 heterocycles. The minimum atomic E-state index is -0.289. The quantitative estimate of drug-likeness (QED) is 0.295. The highest BCUT2D eigenvalue weighted by molar-refractivity contribution is 7.09. The number of nitrogens with one attached hydrogen (secondary N) is 1. The fourth-order valence-electron chi connectivity index (χ4n) is 6.79. The number of nitrogens with two attached hydrogens (primary N) is 1. The topological polar surface area (TPSA) is 123 Å². The van der Waals surface area contributed by atoms with Crippen LogP contribution >= 0.6 is 11.3 Å². The lowest BCUT2D eigenvalue weighted by Crippen LogP contribution is -2.48. The van der Waals surface area contributed by atoms with Gasteiger partial charge >= 0.3 is 0 Å². The van der Waals surface area contributed by atoms with Crippen molar-refractivity contribution in [2.75, 3.05) is 18.8 Å². The van der Waals surface area contributed by atoms with Crippen molar-refractivity contribution in [3.8, 4) is 11.4 Å². The van der Waals surface area contributed by atoms with Crippen LogP contribution in [0.3, 0.4) is 0 Å². The molecule has 2 aliphatic carbocycles. The normalized spacial score (nSPS) is 21.0. The molecule has 0 amide bonds. The number of carbonyl (C=O) groups is 1. The van der Waals surface area contributed by atoms with Crippen LogP contribution in [-0.2, 0) is 29.6 Å². The maximum absolute atomic E-state index is 13.5. The van der Waals surface area contributed by atoms with Gasteiger partial charge in [-0.15, -0.1) is 11.3 Å². The first-order valence-electron chi connectivity index (χ1n) is 14.8. The molecule has 214 valence electrons. The number of rotatable bonds is 7. The van der Waals surface area contributed by atoms with Crippen molar-refractivity contribution in [3.63, 3.8) is 0 Å². The molecule has 1 saturated heterocycles. The van der Waals surface area contributed by atoms with Gasteiger partial charge in [0.1, 0.15) is 16.4 Å². The summed E-state index contributed by atoms with van der Waals surface area (Å²) < 4.78 is 6.45. The van der Waals surface area contributed by atoms with E-state index < -0.39 is 0 Å². The van der Waals surface area contributed by atoms with E-state index in [-0.39, 0.29) is 29.2 Å². The van der Waals surface area contributed by atoms with E-state index in [9.17, 15) is 4.79 Å². The first-order valence-corrected chi connectivity index (χ1v) is 15.6. The smallest absolute Gasteiger partial charge is 0.220 e. The molecular formula is C30H41N7O2S. The Balaban J connectivity index is 1.07. The number of carbonyl (C=O) groups excluding carboxylic acids is 1. The number of ketones is 1. The number of aromatic amines is 1. The molecule has 0 unspecified atom stereocenters. The number of Topliss-reactive ketones (excluding diaryl/α,β-unsaturated/α-hetero) is 1. The number of fused-ring (bicyclic) bond motifs is 3. The fourth-order valence-corrected chi connectivity index (χ4v) is 7.57. The predicted molar refractivity (Wildman–Crippen MR) is 156 cm³/mol. The van der Waals surface area contributed by atoms with Crippen molar-refractivity contribution in [2.45, 2.75) is 109 Å². The Morgan fingerprint density at radius 3 is 2.62 bits per heavy atom. The van der Waals surface area contributed by atoms with E-state index in [1.807, 2.05) is 5.38 Å². The summed E-state index contributed by atoms with van der Waals surface area (Å²) in [5, 5.41) is 10.3. The Morgan fingerprint density at radius 1 is 1.12 bits per heavy atom. The van der Waals surface area contributed by atoms with E-state index in [4.69, 9.17) is 15.5 Å². The van der Waals surface area contributed by atoms with Gasteiger partial charge in [0.25, 0.3) is 0 Å². The van der Waals surface area contributed by atoms with Gasteiger partial charge in [0, 0.05) is 36.3 Å². The minimum Gasteiger partial charge on any atom is -0.369 e. The van der Waals surface area contributed by atoms with Gasteiger partial charge in [-0.25, -0.2) is 15.0 Å². The van der Waals surface area contributed by atoms with Gasteiger partial charge < -0.3 is 15.4 Å². The highest BCUT2D eigenvalue weighted by Crippen LogP contribution is 2.43. The van der Waals surface area contributed by atoms with Crippen molar-refractivity contribution in [1.82, 2.24) is 30.0 Å². The second kappa shape index (κ2) is 10.9. The summed E-state index contributed by atoms with van der Waals surface area (Å²) in [6, 6.07) is 0.762. The summed E-state index contributed by atoms with van der Waals surface area (Å²) in [4.78, 5) is 29.5. The van der Waals surface area contributed by atoms with E-state index in [1.165, 1.54) is 49.9 Å². The summed E-state index contributed by atoms with van der Waals surface area (Å²) in [5.74, 6) is 0.184. The highest BCUT2D eigenvalue weighted by Gasteiger charge is 2.39. The number of hydrogen-bond donors (Lipinski definition) is 2. The molecule has 0 bridgehead atoms. The molecule has 6 rings (SSSR count). The van der Waals surface area contributed by atoms with Crippen molar-refractivity contribution < 1.29 is 9.53 Å². The number of nitrogen functional groups attached to an aromatic ring is 1. The van der Waals surface area contributed by atoms with Crippen LogP contribution in [0.5, 0.6) is 0 Å². The second-order valence-electron chi connectivity index (χ2n) is 12.7. The van der Waals surface area contributed by atoms with Crippen LogP contribution in [-0.4, -0.2) is 60.6 Å². The van der Waals surface area contributed by atoms with Gasteiger partial charge in [0.15, 0.2) is 5.78 Å². The van der Waals surface area contributed by atoms with Crippen molar-refractivity contribution >= 4 is 23.1 Å². The molecule has 3 aromatic rings. The van der Waals surface area contributed by atoms with E-state index >= 15 is 0 Å². The predicted octanol–water partition coefficient (Wildman–Crippen LogP) is 5.26. The molecular weight excluding hydrogens is 522 g/mol. The SMILES string of the molecule is CC1(OCc2csc(CC(=O)c3[nH]nc4c3C(C)(C)Cc3cnc(N)nc3-4)n2)CCN(C2CCCCCC2)CC1. The summed E-state index contributed by atoms with van der Waals surface area (Å²) in [6.07, 6.45) is 13.1. The minimum absolute atomic E-state index is 0.0213. The van der Waals surface area contributed by atoms with Crippen LogP contribution in [0.2, 0.25) is 0 Å². The van der Waals surface area contributed by atoms with Crippen molar-refractivity contribution in [3.05, 3.63) is 39.1 Å². The Kier molecular flexibility index (Phi) is 7.52. The number of ether oxygens (including phenoxy) is 1. The summed E-state index contributed by atoms with van der Waals surface area (Å²) >= 11 is 1.52. The summed E-state index contributed by atoms with van der Waals surface area (Å²) in [7, 11) is 0. The summed E-state index contributed by atoms with van der Waals surface area (Å²) in [6.45, 7) is 9.21. The molecule has 0 atom stereocenters. The number of thiazole rings is 1. The van der Waals surface area contributed by atoms with E-state index in [1.54, 1.807) is 6.20 Å². The lowest BCUT2D eigenvalue weighted by atomic mass is 9.73. The van der Waals surface area contributed by atoms with E-state index in [2.05, 4.69) is 45.8 Å². The summed E-state index contributed by atoms with van der Waals surface area (Å²) in [5.41, 5.74) is 10.2. The zero-order valence-electron chi connectivity index (χ0n) is 24.0. The number of nitrogens with zero attached hydrogens (tertiary/aromatic N) is 5. The molecule has 1 aliphatic heterocycles. The van der Waals surface area contributed by atoms with Crippen molar-refractivity contribution in [2.24, 2.45) is 0 Å². The third kappa shape index (κ3) is 5.58. The fraction of sp³-hybridized carbons (Fsp3) is 0.633. The molecule has 1 saturated carbocycles. The average molecular weight is 564 g/mol. The van der Waals surface area contributed by atoms with Gasteiger partial charge in [0.05, 0.1) is 30.0 Å². The Labute approximate surface area is 240 Å². The number of H-pyrrole nitrogens is 1. The first kappa shape index (κ1) is 27.5. The number of likely N-dealkylation sites (tertiary alicyclic amines) is 1. The van der Waals surface area contributed by atoms with Crippen molar-refractivity contribution in [1.29, 1.82) is 0 Å². The average Bonchev–Trinajstić information content (AvgIpc) is 3.49. The highest BCUT2D eigenvalue weighted by atomic mass is 32.1. The van der Waals surface area contributed by atoms with Gasteiger partial charge in [0.2, 0.25) is 5.95 Å². The van der Waals surface area contributed by atoms with Gasteiger partial charge in [-0.1, -0.05) is 39.5 Å². The molecule has 0 aromatic carbocycles. The van der Waals surface area contributed by atoms with Crippen LogP contribution in [0.4, 0.5) is 5.95 Å². The lowest BCUT2D eigenvalue weighted by molar-refractivity contribution is -0.0871. The van der Waals surface area contributed by atoms with Crippen LogP contribution < -0.4 is 5.73 Å². The maximum Gasteiger partial charge on any atom is 0.220 e. The molecule has 9 nitrogen and oxygen atoms in total. The molecule has 10 heteroatoms. The third-order valence-electron chi connectivity index (χ3n) is 9.14. The largest absolute Gasteiger partial charge is 0.369 e. The standard InChI is InChI=1S/C30H41N7O2S/c1-29(2)15-19-16-32-28(31)34-25(19)27-24(29)26(35-36-27)22(38)14-23-33-20(18-40-23)17-39-30(3)10-12-37(13-11-30)21-8-6-4-5-7-9-21/h16,18,21H,4-15,17H2,1-3H3,(H,35,36)(H2,31,32,34). The molecule has 3 aromatic heterocycles.